The highest BCUT2D eigenvalue weighted by atomic mass is 16.5. The van der Waals surface area contributed by atoms with Crippen molar-refractivity contribution in [2.24, 2.45) is 0 Å². The Kier molecular flexibility index (Phi) is 8.65. The molecular formula is C29H33N5O4. The van der Waals surface area contributed by atoms with Crippen LogP contribution in [0.25, 0.3) is 0 Å². The number of rotatable bonds is 10. The monoisotopic (exact) mass is 515 g/mol. The number of ketones is 2. The molecule has 1 N–H and O–H groups in total. The van der Waals surface area contributed by atoms with Crippen molar-refractivity contribution >= 4 is 11.6 Å². The van der Waals surface area contributed by atoms with E-state index in [-0.39, 0.29) is 48.0 Å². The van der Waals surface area contributed by atoms with E-state index in [2.05, 4.69) is 25.3 Å². The topological polar surface area (TPSA) is 116 Å². The Morgan fingerprint density at radius 2 is 1.24 bits per heavy atom. The molecule has 3 aromatic heterocycles. The molecule has 3 aromatic rings. The van der Waals surface area contributed by atoms with Crippen LogP contribution in [0.1, 0.15) is 77.0 Å². The summed E-state index contributed by atoms with van der Waals surface area (Å²) in [6.45, 7) is 1.89. The van der Waals surface area contributed by atoms with Crippen LogP contribution >= 0.6 is 0 Å². The lowest BCUT2D eigenvalue weighted by Crippen LogP contribution is -2.34. The molecule has 1 aliphatic carbocycles. The number of nitrogens with zero attached hydrogens (tertiary/aromatic N) is 4. The molecule has 0 atom stereocenters. The summed E-state index contributed by atoms with van der Waals surface area (Å²) in [5, 5.41) is 3.31. The number of carbonyl (C=O) groups is 2. The Morgan fingerprint density at radius 1 is 0.711 bits per heavy atom. The molecule has 0 radical (unpaired) electrons. The van der Waals surface area contributed by atoms with Crippen LogP contribution in [0.2, 0.25) is 0 Å². The van der Waals surface area contributed by atoms with Gasteiger partial charge in [-0.3, -0.25) is 9.59 Å². The maximum absolute atomic E-state index is 12.9. The van der Waals surface area contributed by atoms with E-state index < -0.39 is 0 Å². The first-order valence-corrected chi connectivity index (χ1v) is 13.4. The minimum absolute atomic E-state index is 0.123. The summed E-state index contributed by atoms with van der Waals surface area (Å²) < 4.78 is 11.9. The van der Waals surface area contributed by atoms with Crippen molar-refractivity contribution in [1.29, 1.82) is 0 Å². The van der Waals surface area contributed by atoms with Crippen LogP contribution in [-0.4, -0.2) is 56.8 Å². The molecule has 5 rings (SSSR count). The summed E-state index contributed by atoms with van der Waals surface area (Å²) in [6, 6.07) is 8.74. The zero-order valence-electron chi connectivity index (χ0n) is 21.5. The summed E-state index contributed by atoms with van der Waals surface area (Å²) in [5.74, 6) is 0.737. The van der Waals surface area contributed by atoms with E-state index in [0.29, 0.717) is 11.8 Å². The Morgan fingerprint density at radius 3 is 1.74 bits per heavy atom. The van der Waals surface area contributed by atoms with Crippen molar-refractivity contribution in [2.75, 3.05) is 13.1 Å². The molecule has 2 fully saturated rings. The van der Waals surface area contributed by atoms with Gasteiger partial charge in [0.1, 0.15) is 29.9 Å². The van der Waals surface area contributed by atoms with Gasteiger partial charge >= 0.3 is 0 Å². The Bertz CT molecular complexity index is 1130. The van der Waals surface area contributed by atoms with Gasteiger partial charge in [0, 0.05) is 37.4 Å². The average molecular weight is 516 g/mol. The van der Waals surface area contributed by atoms with Gasteiger partial charge < -0.3 is 14.8 Å². The van der Waals surface area contributed by atoms with Gasteiger partial charge in [-0.15, -0.1) is 0 Å². The van der Waals surface area contributed by atoms with Crippen LogP contribution in [0.5, 0.6) is 11.8 Å². The molecule has 0 unspecified atom stereocenters. The third-order valence-corrected chi connectivity index (χ3v) is 6.98. The van der Waals surface area contributed by atoms with Crippen molar-refractivity contribution in [3.8, 4) is 11.8 Å². The van der Waals surface area contributed by atoms with Crippen LogP contribution in [0.15, 0.2) is 49.1 Å². The average Bonchev–Trinajstić information content (AvgIpc) is 2.96. The van der Waals surface area contributed by atoms with Crippen molar-refractivity contribution in [3.63, 3.8) is 0 Å². The van der Waals surface area contributed by atoms with Crippen molar-refractivity contribution in [3.05, 3.63) is 71.6 Å². The predicted molar refractivity (Wildman–Crippen MR) is 141 cm³/mol. The fraction of sp³-hybridized carbons (Fsp3) is 0.448. The minimum Gasteiger partial charge on any atom is -0.474 e. The quantitative estimate of drug-likeness (QED) is 0.401. The molecule has 0 aromatic carbocycles. The van der Waals surface area contributed by atoms with Gasteiger partial charge in [-0.25, -0.2) is 19.9 Å². The zero-order chi connectivity index (χ0) is 26.2. The zero-order valence-corrected chi connectivity index (χ0v) is 21.5. The van der Waals surface area contributed by atoms with E-state index in [0.717, 1.165) is 49.9 Å². The van der Waals surface area contributed by atoms with E-state index >= 15 is 0 Å². The first-order chi connectivity index (χ1) is 18.6. The SMILES string of the molecule is O=C(Cc1ccc(OC2CCCCC2)nc1)c1cc(C(=O)Cc2ccc(OC3CCNCC3)nc2)ncn1. The highest BCUT2D eigenvalue weighted by molar-refractivity contribution is 6.00. The van der Waals surface area contributed by atoms with E-state index in [1.807, 2.05) is 18.2 Å². The van der Waals surface area contributed by atoms with Crippen molar-refractivity contribution in [1.82, 2.24) is 25.3 Å². The molecule has 1 aliphatic heterocycles. The lowest BCUT2D eigenvalue weighted by Gasteiger charge is -2.23. The second kappa shape index (κ2) is 12.7. The largest absolute Gasteiger partial charge is 0.474 e. The minimum atomic E-state index is -0.207. The number of Topliss-reactive ketones (excluding diaryl/α,β-unsaturated/α-hetero) is 2. The van der Waals surface area contributed by atoms with Crippen LogP contribution in [0.3, 0.4) is 0 Å². The molecule has 1 saturated carbocycles. The fourth-order valence-corrected chi connectivity index (χ4v) is 4.82. The molecule has 9 nitrogen and oxygen atoms in total. The highest BCUT2D eigenvalue weighted by Crippen LogP contribution is 2.22. The van der Waals surface area contributed by atoms with Gasteiger partial charge in [0.05, 0.1) is 0 Å². The number of pyridine rings is 2. The molecule has 0 amide bonds. The van der Waals surface area contributed by atoms with Crippen LogP contribution < -0.4 is 14.8 Å². The normalized spacial score (nSPS) is 16.6. The molecule has 0 bridgehead atoms. The van der Waals surface area contributed by atoms with Gasteiger partial charge in [-0.05, 0) is 68.8 Å². The number of hydrogen-bond acceptors (Lipinski definition) is 9. The van der Waals surface area contributed by atoms with Crippen LogP contribution in [0.4, 0.5) is 0 Å². The molecular weight excluding hydrogens is 482 g/mol. The van der Waals surface area contributed by atoms with E-state index in [1.54, 1.807) is 18.5 Å². The molecule has 9 heteroatoms. The van der Waals surface area contributed by atoms with Crippen LogP contribution in [-0.2, 0) is 12.8 Å². The second-order valence-corrected chi connectivity index (χ2v) is 9.94. The number of carbonyl (C=O) groups excluding carboxylic acids is 2. The number of ether oxygens (including phenoxy) is 2. The molecule has 2 aliphatic rings. The molecule has 4 heterocycles. The fourth-order valence-electron chi connectivity index (χ4n) is 4.82. The Hall–Kier alpha value is -3.72. The number of aromatic nitrogens is 4. The predicted octanol–water partition coefficient (Wildman–Crippen LogP) is 3.96. The third-order valence-electron chi connectivity index (χ3n) is 6.98. The van der Waals surface area contributed by atoms with Gasteiger partial charge in [0.15, 0.2) is 11.6 Å². The third kappa shape index (κ3) is 7.19. The molecule has 1 saturated heterocycles. The van der Waals surface area contributed by atoms with Gasteiger partial charge in [0.25, 0.3) is 0 Å². The van der Waals surface area contributed by atoms with Gasteiger partial charge in [-0.1, -0.05) is 18.6 Å². The van der Waals surface area contributed by atoms with Gasteiger partial charge in [0.2, 0.25) is 11.8 Å². The van der Waals surface area contributed by atoms with E-state index in [1.165, 1.54) is 31.7 Å². The number of hydrogen-bond donors (Lipinski definition) is 1. The summed E-state index contributed by atoms with van der Waals surface area (Å²) in [4.78, 5) is 42.6. The maximum atomic E-state index is 12.9. The molecule has 198 valence electrons. The summed E-state index contributed by atoms with van der Waals surface area (Å²) in [6.07, 6.45) is 12.9. The lowest BCUT2D eigenvalue weighted by molar-refractivity contribution is 0.0986. The van der Waals surface area contributed by atoms with Crippen LogP contribution in [0, 0.1) is 0 Å². The number of nitrogens with one attached hydrogen (secondary N) is 1. The summed E-state index contributed by atoms with van der Waals surface area (Å²) >= 11 is 0. The smallest absolute Gasteiger partial charge is 0.213 e. The molecule has 38 heavy (non-hydrogen) atoms. The summed E-state index contributed by atoms with van der Waals surface area (Å²) in [5.41, 5.74) is 1.92. The van der Waals surface area contributed by atoms with Gasteiger partial charge in [-0.2, -0.15) is 0 Å². The highest BCUT2D eigenvalue weighted by Gasteiger charge is 2.18. The second-order valence-electron chi connectivity index (χ2n) is 9.94. The standard InChI is InChI=1S/C29H33N5O4/c35-26(14-20-6-8-28(31-17-20)37-22-4-2-1-3-5-22)24-16-25(34-19-33-24)27(36)15-21-7-9-29(32-18-21)38-23-10-12-30-13-11-23/h6-9,16-19,22-23,30H,1-5,10-15H2. The Labute approximate surface area is 222 Å². The lowest BCUT2D eigenvalue weighted by atomic mass is 9.98. The van der Waals surface area contributed by atoms with Crippen molar-refractivity contribution in [2.45, 2.75) is 70.0 Å². The van der Waals surface area contributed by atoms with E-state index in [9.17, 15) is 9.59 Å². The Balaban J connectivity index is 1.14. The summed E-state index contributed by atoms with van der Waals surface area (Å²) in [7, 11) is 0. The number of piperidine rings is 1. The first kappa shape index (κ1) is 25.9. The first-order valence-electron chi connectivity index (χ1n) is 13.4. The van der Waals surface area contributed by atoms with E-state index in [4.69, 9.17) is 9.47 Å². The maximum Gasteiger partial charge on any atom is 0.213 e. The molecule has 0 spiro atoms. The van der Waals surface area contributed by atoms with Crippen molar-refractivity contribution < 1.29 is 19.1 Å².